The summed E-state index contributed by atoms with van der Waals surface area (Å²) in [6, 6.07) is -0.994. The van der Waals surface area contributed by atoms with Crippen LogP contribution in [0.5, 0.6) is 0 Å². The number of hydrogen-bond donors (Lipinski definition) is 12. The summed E-state index contributed by atoms with van der Waals surface area (Å²) in [7, 11) is 0. The van der Waals surface area contributed by atoms with Crippen LogP contribution in [0.1, 0.15) is 245 Å². The molecule has 3 saturated heterocycles. The van der Waals surface area contributed by atoms with Crippen molar-refractivity contribution in [3.05, 3.63) is 85.1 Å². The van der Waals surface area contributed by atoms with E-state index in [1.165, 1.54) is 128 Å². The van der Waals surface area contributed by atoms with Crippen molar-refractivity contribution in [2.75, 3.05) is 26.4 Å². The molecule has 17 atom stereocenters. The number of allylic oxidation sites excluding steroid dienone is 13. The molecular weight excluding hydrogens is 1190 g/mol. The van der Waals surface area contributed by atoms with Crippen LogP contribution >= 0.6 is 0 Å². The Morgan fingerprint density at radius 2 is 0.742 bits per heavy atom. The maximum Gasteiger partial charge on any atom is 0.220 e. The Bertz CT molecular complexity index is 2010. The van der Waals surface area contributed by atoms with Gasteiger partial charge in [0.15, 0.2) is 18.9 Å². The summed E-state index contributed by atoms with van der Waals surface area (Å²) < 4.78 is 34.4. The fourth-order valence-electron chi connectivity index (χ4n) is 11.8. The lowest BCUT2D eigenvalue weighted by atomic mass is 9.96. The Labute approximate surface area is 559 Å². The normalized spacial score (nSPS) is 28.0. The summed E-state index contributed by atoms with van der Waals surface area (Å²) >= 11 is 0. The molecule has 12 N–H and O–H groups in total. The molecule has 0 spiro atoms. The van der Waals surface area contributed by atoms with Crippen LogP contribution in [-0.4, -0.2) is 193 Å². The quantitative estimate of drug-likeness (QED) is 0.0199. The molecule has 0 aliphatic carbocycles. The van der Waals surface area contributed by atoms with Crippen molar-refractivity contribution in [1.82, 2.24) is 5.32 Å². The minimum absolute atomic E-state index is 0.209. The first-order chi connectivity index (χ1) is 45.3. The molecule has 0 aromatic heterocycles. The molecule has 19 nitrogen and oxygen atoms in total. The summed E-state index contributed by atoms with van der Waals surface area (Å²) in [5.41, 5.74) is 0. The van der Waals surface area contributed by atoms with Gasteiger partial charge in [-0.25, -0.2) is 0 Å². The minimum Gasteiger partial charge on any atom is -0.394 e. The van der Waals surface area contributed by atoms with E-state index in [2.05, 4.69) is 92.1 Å². The molecule has 0 aromatic rings. The molecule has 538 valence electrons. The Hall–Kier alpha value is -3.03. The van der Waals surface area contributed by atoms with Gasteiger partial charge in [-0.05, 0) is 70.6 Å². The third kappa shape index (κ3) is 36.4. The highest BCUT2D eigenvalue weighted by molar-refractivity contribution is 5.76. The zero-order chi connectivity index (χ0) is 67.5. The molecule has 3 heterocycles. The van der Waals surface area contributed by atoms with Gasteiger partial charge in [-0.15, -0.1) is 0 Å². The van der Waals surface area contributed by atoms with Gasteiger partial charge in [-0.3, -0.25) is 4.79 Å². The van der Waals surface area contributed by atoms with Crippen molar-refractivity contribution in [2.24, 2.45) is 0 Å². The fraction of sp³-hybridized carbons (Fsp3) is 0.797. The van der Waals surface area contributed by atoms with Crippen molar-refractivity contribution < 1.29 is 89.4 Å². The van der Waals surface area contributed by atoms with E-state index in [9.17, 15) is 61.0 Å². The molecule has 0 radical (unpaired) electrons. The Morgan fingerprint density at radius 3 is 1.16 bits per heavy atom. The zero-order valence-corrected chi connectivity index (χ0v) is 57.0. The summed E-state index contributed by atoms with van der Waals surface area (Å²) in [5, 5.41) is 121. The molecule has 3 aliphatic rings. The number of aliphatic hydroxyl groups is 11. The zero-order valence-electron chi connectivity index (χ0n) is 57.0. The highest BCUT2D eigenvalue weighted by Gasteiger charge is 2.53. The first kappa shape index (κ1) is 84.2. The molecule has 3 fully saturated rings. The number of nitrogens with one attached hydrogen (secondary N) is 1. The van der Waals surface area contributed by atoms with Gasteiger partial charge in [-0.2, -0.15) is 0 Å². The smallest absolute Gasteiger partial charge is 0.220 e. The van der Waals surface area contributed by atoms with E-state index in [0.717, 1.165) is 89.9 Å². The van der Waals surface area contributed by atoms with Crippen LogP contribution in [0.3, 0.4) is 0 Å². The molecule has 0 bridgehead atoms. The van der Waals surface area contributed by atoms with Crippen molar-refractivity contribution in [3.8, 4) is 0 Å². The molecule has 0 saturated carbocycles. The minimum atomic E-state index is -1.99. The SMILES string of the molecule is CC/C=C\C/C=C\C/C=C\C/C=C\C/C=C\C/C=C\CCCCCCC(=O)NC(COC1OC(CO)C(OC2OC(CO)C(OC3OC(CO)C(O)C(O)C3O)C(O)C2O)C(O)C1O)C(O)/C=C/CCCCCCCCCCCCCCCCCCCCCCCCC. The van der Waals surface area contributed by atoms with Crippen LogP contribution in [0, 0.1) is 0 Å². The lowest BCUT2D eigenvalue weighted by Crippen LogP contribution is -2.66. The average molecular weight is 1320 g/mol. The van der Waals surface area contributed by atoms with Crippen LogP contribution in [0.2, 0.25) is 0 Å². The third-order valence-electron chi connectivity index (χ3n) is 17.7. The fourth-order valence-corrected chi connectivity index (χ4v) is 11.8. The summed E-state index contributed by atoms with van der Waals surface area (Å²) in [5.74, 6) is -0.301. The summed E-state index contributed by atoms with van der Waals surface area (Å²) in [6.45, 7) is 1.61. The third-order valence-corrected chi connectivity index (χ3v) is 17.7. The number of carbonyl (C=O) groups excluding carboxylic acids is 1. The predicted octanol–water partition coefficient (Wildman–Crippen LogP) is 10.3. The van der Waals surface area contributed by atoms with E-state index in [1.54, 1.807) is 6.08 Å². The van der Waals surface area contributed by atoms with E-state index < -0.39 is 124 Å². The van der Waals surface area contributed by atoms with Crippen LogP contribution in [0.4, 0.5) is 0 Å². The Kier molecular flexibility index (Phi) is 49.7. The Morgan fingerprint density at radius 1 is 0.398 bits per heavy atom. The van der Waals surface area contributed by atoms with Crippen LogP contribution < -0.4 is 5.32 Å². The highest BCUT2D eigenvalue weighted by Crippen LogP contribution is 2.33. The molecule has 1 amide bonds. The van der Waals surface area contributed by atoms with Gasteiger partial charge < -0.3 is 89.9 Å². The number of rotatable bonds is 55. The number of amides is 1. The van der Waals surface area contributed by atoms with Gasteiger partial charge in [0, 0.05) is 6.42 Å². The molecular formula is C74H129NO18. The van der Waals surface area contributed by atoms with Gasteiger partial charge in [0.1, 0.15) is 73.2 Å². The monoisotopic (exact) mass is 1320 g/mol. The number of carbonyl (C=O) groups is 1. The van der Waals surface area contributed by atoms with Crippen LogP contribution in [0.25, 0.3) is 0 Å². The number of hydrogen-bond acceptors (Lipinski definition) is 18. The van der Waals surface area contributed by atoms with Crippen molar-refractivity contribution in [1.29, 1.82) is 0 Å². The van der Waals surface area contributed by atoms with E-state index in [4.69, 9.17) is 28.4 Å². The summed E-state index contributed by atoms with van der Waals surface area (Å²) in [6.07, 6.45) is 44.1. The van der Waals surface area contributed by atoms with Crippen molar-refractivity contribution >= 4 is 5.91 Å². The standard InChI is InChI=1S/C74H129NO18/c1-3-5-7-9-11-13-15-17-19-21-23-25-27-28-30-31-33-35-37-39-41-43-45-47-49-51-58(79)57(75-62(80)52-50-48-46-44-42-40-38-36-34-32-29-26-24-22-20-18-16-14-12-10-8-6-4-2)56-88-72-68(86)65(83)70(60(54-77)90-72)93-74-69(87)66(84)71(61(55-78)91-74)92-73-67(85)64(82)63(81)59(53-76)89-73/h6,8,12,14,18,20,24,26,32,34,38,40,49,51,57-61,63-74,76-79,81-87H,3-5,7,9-11,13,15-17,19,21-23,25,27-31,33,35-37,39,41-48,50,52-56H2,1-2H3,(H,75,80)/b8-6-,14-12-,20-18-,26-24-,34-32-,40-38-,51-49+. The highest BCUT2D eigenvalue weighted by atomic mass is 16.8. The van der Waals surface area contributed by atoms with Gasteiger partial charge in [-0.1, -0.05) is 253 Å². The van der Waals surface area contributed by atoms with E-state index >= 15 is 0 Å². The van der Waals surface area contributed by atoms with E-state index in [1.807, 2.05) is 6.08 Å². The van der Waals surface area contributed by atoms with Gasteiger partial charge in [0.2, 0.25) is 5.91 Å². The first-order valence-electron chi connectivity index (χ1n) is 36.3. The molecule has 93 heavy (non-hydrogen) atoms. The van der Waals surface area contributed by atoms with Crippen LogP contribution in [0.15, 0.2) is 85.1 Å². The topological polar surface area (TPSA) is 307 Å². The largest absolute Gasteiger partial charge is 0.394 e. The molecule has 19 heteroatoms. The lowest BCUT2D eigenvalue weighted by Gasteiger charge is -2.48. The molecule has 3 rings (SSSR count). The van der Waals surface area contributed by atoms with Crippen molar-refractivity contribution in [3.63, 3.8) is 0 Å². The van der Waals surface area contributed by atoms with Gasteiger partial charge in [0.25, 0.3) is 0 Å². The molecule has 3 aliphatic heterocycles. The lowest BCUT2D eigenvalue weighted by molar-refractivity contribution is -0.379. The van der Waals surface area contributed by atoms with Gasteiger partial charge in [0.05, 0.1) is 38.6 Å². The van der Waals surface area contributed by atoms with Gasteiger partial charge >= 0.3 is 0 Å². The van der Waals surface area contributed by atoms with E-state index in [0.29, 0.717) is 6.42 Å². The van der Waals surface area contributed by atoms with Crippen LogP contribution in [-0.2, 0) is 33.2 Å². The number of aliphatic hydroxyl groups excluding tert-OH is 11. The maximum atomic E-state index is 13.4. The summed E-state index contributed by atoms with van der Waals surface area (Å²) in [4.78, 5) is 13.4. The van der Waals surface area contributed by atoms with Crippen molar-refractivity contribution in [2.45, 2.75) is 349 Å². The second-order valence-corrected chi connectivity index (χ2v) is 25.7. The molecule has 0 aromatic carbocycles. The predicted molar refractivity (Wildman–Crippen MR) is 364 cm³/mol. The number of unbranched alkanes of at least 4 members (excludes halogenated alkanes) is 27. The maximum absolute atomic E-state index is 13.4. The second-order valence-electron chi connectivity index (χ2n) is 25.7. The molecule has 17 unspecified atom stereocenters. The second kappa shape index (κ2) is 54.9. The number of ether oxygens (including phenoxy) is 6. The first-order valence-corrected chi connectivity index (χ1v) is 36.3. The van der Waals surface area contributed by atoms with E-state index in [-0.39, 0.29) is 18.9 Å². The average Bonchev–Trinajstić information content (AvgIpc) is 0.814. The Balaban J connectivity index is 1.44.